The van der Waals surface area contributed by atoms with Gasteiger partial charge in [-0.25, -0.2) is 0 Å². The van der Waals surface area contributed by atoms with Crippen LogP contribution >= 0.6 is 23.4 Å². The third-order valence-electron chi connectivity index (χ3n) is 4.64. The van der Waals surface area contributed by atoms with Crippen molar-refractivity contribution in [3.8, 4) is 5.69 Å². The molecule has 0 aliphatic rings. The van der Waals surface area contributed by atoms with Gasteiger partial charge in [-0.15, -0.1) is 10.2 Å². The summed E-state index contributed by atoms with van der Waals surface area (Å²) in [5.41, 5.74) is 1.52. The molecule has 0 atom stereocenters. The maximum Gasteiger partial charge on any atom is 0.252 e. The van der Waals surface area contributed by atoms with Crippen LogP contribution in [-0.2, 0) is 6.54 Å². The van der Waals surface area contributed by atoms with Crippen LogP contribution in [0.5, 0.6) is 0 Å². The lowest BCUT2D eigenvalue weighted by Gasteiger charge is -2.12. The first-order chi connectivity index (χ1) is 14.7. The Labute approximate surface area is 184 Å². The van der Waals surface area contributed by atoms with Gasteiger partial charge in [-0.05, 0) is 41.5 Å². The topological polar surface area (TPSA) is 59.8 Å². The van der Waals surface area contributed by atoms with Crippen molar-refractivity contribution < 1.29 is 4.79 Å². The van der Waals surface area contributed by atoms with Gasteiger partial charge in [0.1, 0.15) is 0 Å². The number of nitrogens with one attached hydrogen (secondary N) is 1. The van der Waals surface area contributed by atoms with Gasteiger partial charge in [0.15, 0.2) is 11.0 Å². The molecule has 0 aliphatic heterocycles. The number of carbonyl (C=O) groups is 1. The first-order valence-electron chi connectivity index (χ1n) is 9.76. The molecule has 152 valence electrons. The number of halogens is 1. The van der Waals surface area contributed by atoms with Crippen LogP contribution < -0.4 is 5.32 Å². The number of fused-ring (bicyclic) bond motifs is 1. The third-order valence-corrected chi connectivity index (χ3v) is 6.01. The van der Waals surface area contributed by atoms with Crippen molar-refractivity contribution in [3.05, 3.63) is 83.1 Å². The summed E-state index contributed by atoms with van der Waals surface area (Å²) < 4.78 is 1.95. The second-order valence-electron chi connectivity index (χ2n) is 6.77. The molecule has 3 aromatic carbocycles. The summed E-state index contributed by atoms with van der Waals surface area (Å²) in [6.45, 7) is 2.38. The smallest absolute Gasteiger partial charge is 0.252 e. The van der Waals surface area contributed by atoms with Gasteiger partial charge < -0.3 is 5.32 Å². The summed E-state index contributed by atoms with van der Waals surface area (Å²) in [5, 5.41) is 15.1. The summed E-state index contributed by atoms with van der Waals surface area (Å²) in [6.07, 6.45) is 1.03. The number of carbonyl (C=O) groups excluding carboxylic acids is 1. The Morgan fingerprint density at radius 2 is 1.87 bits per heavy atom. The monoisotopic (exact) mass is 436 g/mol. The number of rotatable bonds is 7. The lowest BCUT2D eigenvalue weighted by atomic mass is 10.0. The van der Waals surface area contributed by atoms with Gasteiger partial charge in [0.25, 0.3) is 5.91 Å². The number of aromatic nitrogens is 3. The first-order valence-corrected chi connectivity index (χ1v) is 11.1. The minimum absolute atomic E-state index is 0.143. The highest BCUT2D eigenvalue weighted by molar-refractivity contribution is 7.99. The molecule has 0 unspecified atom stereocenters. The van der Waals surface area contributed by atoms with Gasteiger partial charge in [-0.2, -0.15) is 0 Å². The molecular weight excluding hydrogens is 416 g/mol. The minimum atomic E-state index is -0.143. The number of hydrogen-bond donors (Lipinski definition) is 1. The predicted molar refractivity (Wildman–Crippen MR) is 123 cm³/mol. The van der Waals surface area contributed by atoms with Crippen LogP contribution in [0.4, 0.5) is 0 Å². The van der Waals surface area contributed by atoms with Gasteiger partial charge >= 0.3 is 0 Å². The average Bonchev–Trinajstić information content (AvgIpc) is 3.18. The van der Waals surface area contributed by atoms with E-state index in [-0.39, 0.29) is 12.5 Å². The van der Waals surface area contributed by atoms with Gasteiger partial charge in [0.2, 0.25) is 0 Å². The van der Waals surface area contributed by atoms with E-state index in [0.717, 1.165) is 33.8 Å². The minimum Gasteiger partial charge on any atom is -0.345 e. The highest BCUT2D eigenvalue weighted by atomic mass is 35.5. The van der Waals surface area contributed by atoms with E-state index in [0.29, 0.717) is 16.4 Å². The Bertz CT molecular complexity index is 1190. The largest absolute Gasteiger partial charge is 0.345 e. The van der Waals surface area contributed by atoms with Crippen molar-refractivity contribution in [2.75, 3.05) is 5.75 Å². The van der Waals surface area contributed by atoms with Crippen molar-refractivity contribution in [1.82, 2.24) is 20.1 Å². The first kappa shape index (κ1) is 20.4. The molecule has 0 aliphatic carbocycles. The Morgan fingerprint density at radius 3 is 2.70 bits per heavy atom. The number of benzene rings is 3. The van der Waals surface area contributed by atoms with Crippen molar-refractivity contribution >= 4 is 40.0 Å². The van der Waals surface area contributed by atoms with E-state index in [4.69, 9.17) is 11.6 Å². The summed E-state index contributed by atoms with van der Waals surface area (Å²) in [5.74, 6) is 1.45. The molecule has 0 spiro atoms. The third kappa shape index (κ3) is 4.35. The summed E-state index contributed by atoms with van der Waals surface area (Å²) >= 11 is 7.84. The summed E-state index contributed by atoms with van der Waals surface area (Å²) in [7, 11) is 0. The van der Waals surface area contributed by atoms with Crippen LogP contribution in [0.1, 0.15) is 29.5 Å². The average molecular weight is 437 g/mol. The van der Waals surface area contributed by atoms with Crippen LogP contribution in [0, 0.1) is 0 Å². The summed E-state index contributed by atoms with van der Waals surface area (Å²) in [4.78, 5) is 12.9. The molecule has 4 aromatic rings. The fourth-order valence-electron chi connectivity index (χ4n) is 3.25. The maximum absolute atomic E-state index is 12.9. The molecule has 4 rings (SSSR count). The maximum atomic E-state index is 12.9. The Balaban J connectivity index is 1.61. The summed E-state index contributed by atoms with van der Waals surface area (Å²) in [6, 6.07) is 21.1. The van der Waals surface area contributed by atoms with E-state index in [1.807, 2.05) is 71.3 Å². The van der Waals surface area contributed by atoms with Crippen molar-refractivity contribution in [2.24, 2.45) is 0 Å². The molecular formula is C23H21ClN4OS. The van der Waals surface area contributed by atoms with E-state index in [9.17, 15) is 4.79 Å². The molecule has 0 bridgehead atoms. The number of thioether (sulfide) groups is 1. The van der Waals surface area contributed by atoms with Crippen LogP contribution in [0.25, 0.3) is 16.5 Å². The van der Waals surface area contributed by atoms with Crippen molar-refractivity contribution in [3.63, 3.8) is 0 Å². The predicted octanol–water partition coefficient (Wildman–Crippen LogP) is 5.51. The SMILES string of the molecule is CCCSc1nnc(CNC(=O)c2cccc3ccccc23)n1-c1cccc(Cl)c1. The van der Waals surface area contributed by atoms with Crippen molar-refractivity contribution in [1.29, 1.82) is 0 Å². The zero-order valence-corrected chi connectivity index (χ0v) is 18.1. The van der Waals surface area contributed by atoms with Gasteiger partial charge in [-0.3, -0.25) is 9.36 Å². The van der Waals surface area contributed by atoms with Crippen molar-refractivity contribution in [2.45, 2.75) is 25.0 Å². The van der Waals surface area contributed by atoms with Gasteiger partial charge in [-0.1, -0.05) is 72.8 Å². The number of amides is 1. The molecule has 0 saturated heterocycles. The van der Waals surface area contributed by atoms with Gasteiger partial charge in [0.05, 0.1) is 12.2 Å². The molecule has 0 fully saturated rings. The van der Waals surface area contributed by atoms with Crippen LogP contribution in [0.3, 0.4) is 0 Å². The Kier molecular flexibility index (Phi) is 6.35. The molecule has 1 heterocycles. The molecule has 5 nitrogen and oxygen atoms in total. The quantitative estimate of drug-likeness (QED) is 0.388. The molecule has 7 heteroatoms. The second-order valence-corrected chi connectivity index (χ2v) is 8.27. The Hall–Kier alpha value is -2.83. The van der Waals surface area contributed by atoms with E-state index >= 15 is 0 Å². The lowest BCUT2D eigenvalue weighted by molar-refractivity contribution is 0.0951. The molecule has 1 N–H and O–H groups in total. The van der Waals surface area contributed by atoms with Gasteiger partial charge in [0, 0.05) is 16.3 Å². The van der Waals surface area contributed by atoms with Crippen LogP contribution in [0.2, 0.25) is 5.02 Å². The fraction of sp³-hybridized carbons (Fsp3) is 0.174. The number of nitrogens with zero attached hydrogens (tertiary/aromatic N) is 3. The molecule has 1 aromatic heterocycles. The molecule has 1 amide bonds. The zero-order chi connectivity index (χ0) is 20.9. The van der Waals surface area contributed by atoms with E-state index in [1.54, 1.807) is 11.8 Å². The lowest BCUT2D eigenvalue weighted by Crippen LogP contribution is -2.25. The van der Waals surface area contributed by atoms with Crippen LogP contribution in [0.15, 0.2) is 71.9 Å². The van der Waals surface area contributed by atoms with E-state index < -0.39 is 0 Å². The standard InChI is InChI=1S/C23H21ClN4OS/c1-2-13-30-23-27-26-21(28(23)18-10-6-9-17(24)14-18)15-25-22(29)20-12-5-8-16-7-3-4-11-19(16)20/h3-12,14H,2,13,15H2,1H3,(H,25,29). The molecule has 30 heavy (non-hydrogen) atoms. The Morgan fingerprint density at radius 1 is 1.07 bits per heavy atom. The molecule has 0 radical (unpaired) electrons. The highest BCUT2D eigenvalue weighted by Crippen LogP contribution is 2.25. The van der Waals surface area contributed by atoms with E-state index in [1.165, 1.54) is 0 Å². The second kappa shape index (κ2) is 9.32. The van der Waals surface area contributed by atoms with Crippen LogP contribution in [-0.4, -0.2) is 26.4 Å². The van der Waals surface area contributed by atoms with E-state index in [2.05, 4.69) is 22.4 Å². The zero-order valence-electron chi connectivity index (χ0n) is 16.5. The highest BCUT2D eigenvalue weighted by Gasteiger charge is 2.16. The molecule has 0 saturated carbocycles. The normalized spacial score (nSPS) is 11.0. The number of hydrogen-bond acceptors (Lipinski definition) is 4. The fourth-order valence-corrected chi connectivity index (χ4v) is 4.26.